The number of aliphatic hydroxyl groups is 2. The number of benzene rings is 2. The highest BCUT2D eigenvalue weighted by atomic mass is 16.3. The van der Waals surface area contributed by atoms with Crippen LogP contribution in [0.1, 0.15) is 31.4 Å². The molecule has 0 aromatic heterocycles. The summed E-state index contributed by atoms with van der Waals surface area (Å²) in [4.78, 5) is 0. The molecular formula is C18H25NO2. The molecule has 0 bridgehead atoms. The lowest BCUT2D eigenvalue weighted by Gasteiger charge is -2.14. The molecule has 0 fully saturated rings. The van der Waals surface area contributed by atoms with E-state index < -0.39 is 6.10 Å². The number of hydrogen-bond acceptors (Lipinski definition) is 3. The quantitative estimate of drug-likeness (QED) is 0.654. The first-order valence-electron chi connectivity index (χ1n) is 7.69. The van der Waals surface area contributed by atoms with Gasteiger partial charge in [-0.05, 0) is 47.7 Å². The number of nitrogens with one attached hydrogen (secondary N) is 1. The standard InChI is InChI=1S/C18H25NO2/c1-14(13-20)5-4-10-19-12-18(21)17-9-8-15-6-2-3-7-16(15)11-17/h2-3,6-9,11,14,18-21H,4-5,10,12-13H2,1H3. The van der Waals surface area contributed by atoms with Crippen LogP contribution >= 0.6 is 0 Å². The topological polar surface area (TPSA) is 52.5 Å². The van der Waals surface area contributed by atoms with Crippen molar-refractivity contribution in [2.45, 2.75) is 25.9 Å². The Hall–Kier alpha value is -1.42. The molecule has 3 N–H and O–H groups in total. The fraction of sp³-hybridized carbons (Fsp3) is 0.444. The maximum Gasteiger partial charge on any atom is 0.0914 e. The third-order valence-corrected chi connectivity index (χ3v) is 3.86. The molecule has 0 aliphatic heterocycles. The molecule has 0 spiro atoms. The highest BCUT2D eigenvalue weighted by Gasteiger charge is 2.07. The summed E-state index contributed by atoms with van der Waals surface area (Å²) in [5.41, 5.74) is 0.949. The summed E-state index contributed by atoms with van der Waals surface area (Å²) < 4.78 is 0. The average molecular weight is 287 g/mol. The maximum absolute atomic E-state index is 10.2. The van der Waals surface area contributed by atoms with Crippen LogP contribution in [-0.2, 0) is 0 Å². The summed E-state index contributed by atoms with van der Waals surface area (Å²) in [5.74, 6) is 0.359. The minimum Gasteiger partial charge on any atom is -0.396 e. The summed E-state index contributed by atoms with van der Waals surface area (Å²) in [7, 11) is 0. The fourth-order valence-electron chi connectivity index (χ4n) is 2.44. The van der Waals surface area contributed by atoms with Gasteiger partial charge in [0.1, 0.15) is 0 Å². The van der Waals surface area contributed by atoms with Crippen LogP contribution in [0.15, 0.2) is 42.5 Å². The SMILES string of the molecule is CC(CO)CCCNCC(O)c1ccc2ccccc2c1. The van der Waals surface area contributed by atoms with Crippen LogP contribution in [-0.4, -0.2) is 29.9 Å². The van der Waals surface area contributed by atoms with Gasteiger partial charge in [0.15, 0.2) is 0 Å². The molecule has 2 aromatic carbocycles. The van der Waals surface area contributed by atoms with Crippen LogP contribution in [0.2, 0.25) is 0 Å². The average Bonchev–Trinajstić information content (AvgIpc) is 2.53. The smallest absolute Gasteiger partial charge is 0.0914 e. The molecule has 3 heteroatoms. The van der Waals surface area contributed by atoms with Crippen molar-refractivity contribution in [3.63, 3.8) is 0 Å². The van der Waals surface area contributed by atoms with Crippen molar-refractivity contribution in [2.75, 3.05) is 19.7 Å². The molecule has 0 aliphatic rings. The predicted octanol–water partition coefficient (Wildman–Crippen LogP) is 2.87. The Morgan fingerprint density at radius 2 is 1.86 bits per heavy atom. The Kier molecular flexibility index (Phi) is 6.18. The monoisotopic (exact) mass is 287 g/mol. The van der Waals surface area contributed by atoms with Gasteiger partial charge < -0.3 is 15.5 Å². The normalized spacial score (nSPS) is 14.2. The van der Waals surface area contributed by atoms with Crippen molar-refractivity contribution >= 4 is 10.8 Å². The molecule has 2 atom stereocenters. The van der Waals surface area contributed by atoms with Crippen LogP contribution < -0.4 is 5.32 Å². The van der Waals surface area contributed by atoms with E-state index in [4.69, 9.17) is 5.11 Å². The first-order valence-corrected chi connectivity index (χ1v) is 7.69. The predicted molar refractivity (Wildman–Crippen MR) is 87.3 cm³/mol. The van der Waals surface area contributed by atoms with Crippen molar-refractivity contribution in [3.8, 4) is 0 Å². The molecule has 114 valence electrons. The lowest BCUT2D eigenvalue weighted by atomic mass is 10.0. The molecule has 3 nitrogen and oxygen atoms in total. The second-order valence-electron chi connectivity index (χ2n) is 5.76. The van der Waals surface area contributed by atoms with E-state index in [1.807, 2.05) is 25.1 Å². The van der Waals surface area contributed by atoms with E-state index in [-0.39, 0.29) is 6.61 Å². The van der Waals surface area contributed by atoms with E-state index in [1.165, 1.54) is 5.39 Å². The van der Waals surface area contributed by atoms with Gasteiger partial charge in [0.05, 0.1) is 6.10 Å². The van der Waals surface area contributed by atoms with E-state index in [1.54, 1.807) is 0 Å². The number of aliphatic hydroxyl groups excluding tert-OH is 2. The van der Waals surface area contributed by atoms with Crippen LogP contribution in [0.3, 0.4) is 0 Å². The van der Waals surface area contributed by atoms with Crippen LogP contribution in [0, 0.1) is 5.92 Å². The first-order chi connectivity index (χ1) is 10.2. The molecule has 0 aliphatic carbocycles. The Balaban J connectivity index is 1.80. The van der Waals surface area contributed by atoms with Crippen LogP contribution in [0.4, 0.5) is 0 Å². The molecule has 21 heavy (non-hydrogen) atoms. The molecule has 0 saturated heterocycles. The maximum atomic E-state index is 10.2. The van der Waals surface area contributed by atoms with E-state index >= 15 is 0 Å². The molecule has 2 aromatic rings. The molecule has 0 radical (unpaired) electrons. The molecule has 0 saturated carbocycles. The van der Waals surface area contributed by atoms with Crippen molar-refractivity contribution in [1.82, 2.24) is 5.32 Å². The first kappa shape index (κ1) is 16.0. The van der Waals surface area contributed by atoms with Crippen LogP contribution in [0.25, 0.3) is 10.8 Å². The molecule has 0 heterocycles. The van der Waals surface area contributed by atoms with E-state index in [0.717, 1.165) is 30.3 Å². The highest BCUT2D eigenvalue weighted by molar-refractivity contribution is 5.83. The van der Waals surface area contributed by atoms with Crippen molar-refractivity contribution in [2.24, 2.45) is 5.92 Å². The van der Waals surface area contributed by atoms with E-state index in [0.29, 0.717) is 12.5 Å². The highest BCUT2D eigenvalue weighted by Crippen LogP contribution is 2.20. The van der Waals surface area contributed by atoms with Gasteiger partial charge in [0, 0.05) is 13.2 Å². The Bertz CT molecular complexity index is 556. The van der Waals surface area contributed by atoms with Crippen molar-refractivity contribution in [1.29, 1.82) is 0 Å². The Morgan fingerprint density at radius 3 is 2.62 bits per heavy atom. The van der Waals surface area contributed by atoms with Gasteiger partial charge in [-0.15, -0.1) is 0 Å². The second kappa shape index (κ2) is 8.13. The zero-order chi connectivity index (χ0) is 15.1. The minimum atomic E-state index is -0.482. The zero-order valence-corrected chi connectivity index (χ0v) is 12.6. The molecule has 0 amide bonds. The Morgan fingerprint density at radius 1 is 1.10 bits per heavy atom. The summed E-state index contributed by atoms with van der Waals surface area (Å²) in [6, 6.07) is 14.3. The van der Waals surface area contributed by atoms with E-state index in [9.17, 15) is 5.11 Å². The minimum absolute atomic E-state index is 0.250. The van der Waals surface area contributed by atoms with Gasteiger partial charge in [-0.25, -0.2) is 0 Å². The second-order valence-corrected chi connectivity index (χ2v) is 5.76. The third-order valence-electron chi connectivity index (χ3n) is 3.86. The van der Waals surface area contributed by atoms with Gasteiger partial charge >= 0.3 is 0 Å². The largest absolute Gasteiger partial charge is 0.396 e. The van der Waals surface area contributed by atoms with Gasteiger partial charge in [-0.1, -0.05) is 43.3 Å². The van der Waals surface area contributed by atoms with E-state index in [2.05, 4.69) is 29.6 Å². The molecular weight excluding hydrogens is 262 g/mol. The summed E-state index contributed by atoms with van der Waals surface area (Å²) >= 11 is 0. The number of rotatable bonds is 8. The van der Waals surface area contributed by atoms with Crippen LogP contribution in [0.5, 0.6) is 0 Å². The fourth-order valence-corrected chi connectivity index (χ4v) is 2.44. The third kappa shape index (κ3) is 4.81. The van der Waals surface area contributed by atoms with Gasteiger partial charge in [-0.3, -0.25) is 0 Å². The van der Waals surface area contributed by atoms with Crippen molar-refractivity contribution in [3.05, 3.63) is 48.0 Å². The molecule has 2 unspecified atom stereocenters. The number of fused-ring (bicyclic) bond motifs is 1. The van der Waals surface area contributed by atoms with Gasteiger partial charge in [0.25, 0.3) is 0 Å². The van der Waals surface area contributed by atoms with Gasteiger partial charge in [0.2, 0.25) is 0 Å². The Labute approximate surface area is 126 Å². The summed E-state index contributed by atoms with van der Waals surface area (Å²) in [6.07, 6.45) is 1.55. The summed E-state index contributed by atoms with van der Waals surface area (Å²) in [6.45, 7) is 3.73. The van der Waals surface area contributed by atoms with Crippen molar-refractivity contribution < 1.29 is 10.2 Å². The lowest BCUT2D eigenvalue weighted by molar-refractivity contribution is 0.174. The summed E-state index contributed by atoms with van der Waals surface area (Å²) in [5, 5.41) is 24.8. The van der Waals surface area contributed by atoms with Gasteiger partial charge in [-0.2, -0.15) is 0 Å². The molecule has 2 rings (SSSR count). The zero-order valence-electron chi connectivity index (χ0n) is 12.6. The number of hydrogen-bond donors (Lipinski definition) is 3. The lowest BCUT2D eigenvalue weighted by Crippen LogP contribution is -2.23.